The number of carbonyl (C=O) groups excluding carboxylic acids is 2. The maximum Gasteiger partial charge on any atom is 0.279 e. The summed E-state index contributed by atoms with van der Waals surface area (Å²) in [5, 5.41) is 7.56. The molecule has 0 saturated carbocycles. The molecule has 0 fully saturated rings. The quantitative estimate of drug-likeness (QED) is 0.724. The highest BCUT2D eigenvalue weighted by atomic mass is 16.2. The summed E-state index contributed by atoms with van der Waals surface area (Å²) in [4.78, 5) is 23.9. The second kappa shape index (κ2) is 8.84. The minimum Gasteiger partial charge on any atom is -0.352 e. The molecule has 2 rings (SSSR count). The number of hydrogen-bond donors (Lipinski definition) is 3. The van der Waals surface area contributed by atoms with E-state index in [-0.39, 0.29) is 17.9 Å². The van der Waals surface area contributed by atoms with Gasteiger partial charge in [0.25, 0.3) is 11.8 Å². The van der Waals surface area contributed by atoms with Gasteiger partial charge in [0.05, 0.1) is 0 Å². The van der Waals surface area contributed by atoms with Gasteiger partial charge in [-0.1, -0.05) is 36.4 Å². The highest BCUT2D eigenvalue weighted by Gasteiger charge is 2.12. The predicted molar refractivity (Wildman–Crippen MR) is 94.7 cm³/mol. The van der Waals surface area contributed by atoms with Crippen molar-refractivity contribution in [3.05, 3.63) is 65.7 Å². The Bertz CT molecular complexity index is 686. The SMILES string of the molecule is CCNC(=O)c1cccc(NC(=O)C[NH2+][C@H](C)c2ccccc2)c1. The molecule has 5 nitrogen and oxygen atoms in total. The molecule has 4 N–H and O–H groups in total. The fourth-order valence-electron chi connectivity index (χ4n) is 2.39. The van der Waals surface area contributed by atoms with Crippen molar-refractivity contribution in [3.8, 4) is 0 Å². The number of nitrogens with one attached hydrogen (secondary N) is 2. The van der Waals surface area contributed by atoms with Crippen LogP contribution >= 0.6 is 0 Å². The van der Waals surface area contributed by atoms with Gasteiger partial charge in [0.2, 0.25) is 0 Å². The van der Waals surface area contributed by atoms with Crippen molar-refractivity contribution in [1.82, 2.24) is 5.32 Å². The van der Waals surface area contributed by atoms with E-state index in [4.69, 9.17) is 0 Å². The Hall–Kier alpha value is -2.66. The summed E-state index contributed by atoms with van der Waals surface area (Å²) >= 11 is 0. The first-order chi connectivity index (χ1) is 11.6. The van der Waals surface area contributed by atoms with E-state index in [1.54, 1.807) is 24.3 Å². The maximum absolute atomic E-state index is 12.1. The molecule has 0 radical (unpaired) electrons. The Kier molecular flexibility index (Phi) is 6.51. The van der Waals surface area contributed by atoms with E-state index >= 15 is 0 Å². The van der Waals surface area contributed by atoms with Crippen molar-refractivity contribution in [1.29, 1.82) is 0 Å². The van der Waals surface area contributed by atoms with Crippen LogP contribution in [0.1, 0.15) is 35.8 Å². The van der Waals surface area contributed by atoms with Crippen LogP contribution in [0.2, 0.25) is 0 Å². The number of quaternary nitrogens is 1. The van der Waals surface area contributed by atoms with Gasteiger partial charge in [-0.2, -0.15) is 0 Å². The summed E-state index contributed by atoms with van der Waals surface area (Å²) in [7, 11) is 0. The van der Waals surface area contributed by atoms with Crippen LogP contribution in [0, 0.1) is 0 Å². The number of amides is 2. The molecule has 0 saturated heterocycles. The molecule has 0 aliphatic rings. The number of anilines is 1. The molecule has 0 heterocycles. The van der Waals surface area contributed by atoms with Crippen molar-refractivity contribution in [2.24, 2.45) is 0 Å². The number of benzene rings is 2. The topological polar surface area (TPSA) is 74.8 Å². The van der Waals surface area contributed by atoms with Crippen LogP contribution in [-0.2, 0) is 4.79 Å². The van der Waals surface area contributed by atoms with E-state index < -0.39 is 0 Å². The van der Waals surface area contributed by atoms with Gasteiger partial charge in [-0.05, 0) is 32.0 Å². The Morgan fingerprint density at radius 3 is 2.54 bits per heavy atom. The number of rotatable bonds is 7. The monoisotopic (exact) mass is 326 g/mol. The number of hydrogen-bond acceptors (Lipinski definition) is 2. The van der Waals surface area contributed by atoms with Crippen LogP contribution in [0.4, 0.5) is 5.69 Å². The van der Waals surface area contributed by atoms with Crippen molar-refractivity contribution in [2.75, 3.05) is 18.4 Å². The van der Waals surface area contributed by atoms with E-state index in [9.17, 15) is 9.59 Å². The van der Waals surface area contributed by atoms with Crippen LogP contribution in [0.3, 0.4) is 0 Å². The zero-order chi connectivity index (χ0) is 17.4. The summed E-state index contributed by atoms with van der Waals surface area (Å²) in [5.74, 6) is -0.233. The average Bonchev–Trinajstić information content (AvgIpc) is 2.61. The third-order valence-electron chi connectivity index (χ3n) is 3.73. The van der Waals surface area contributed by atoms with Crippen molar-refractivity contribution in [2.45, 2.75) is 19.9 Å². The second-order valence-electron chi connectivity index (χ2n) is 5.63. The third kappa shape index (κ3) is 5.21. The summed E-state index contributed by atoms with van der Waals surface area (Å²) in [6.07, 6.45) is 0. The first kappa shape index (κ1) is 17.7. The Morgan fingerprint density at radius 2 is 1.83 bits per heavy atom. The zero-order valence-electron chi connectivity index (χ0n) is 14.1. The van der Waals surface area contributed by atoms with Gasteiger partial charge in [0.1, 0.15) is 6.04 Å². The van der Waals surface area contributed by atoms with Gasteiger partial charge in [-0.15, -0.1) is 0 Å². The van der Waals surface area contributed by atoms with Gasteiger partial charge in [-0.25, -0.2) is 0 Å². The average molecular weight is 326 g/mol. The predicted octanol–water partition coefficient (Wildman–Crippen LogP) is 1.70. The van der Waals surface area contributed by atoms with Crippen LogP contribution in [0.5, 0.6) is 0 Å². The first-order valence-corrected chi connectivity index (χ1v) is 8.16. The molecule has 1 atom stereocenters. The maximum atomic E-state index is 12.1. The lowest BCUT2D eigenvalue weighted by Gasteiger charge is -2.11. The van der Waals surface area contributed by atoms with E-state index in [0.717, 1.165) is 0 Å². The van der Waals surface area contributed by atoms with E-state index in [1.807, 2.05) is 30.4 Å². The van der Waals surface area contributed by atoms with Crippen LogP contribution in [0.25, 0.3) is 0 Å². The van der Waals surface area contributed by atoms with Gasteiger partial charge >= 0.3 is 0 Å². The highest BCUT2D eigenvalue weighted by molar-refractivity contribution is 5.97. The van der Waals surface area contributed by atoms with E-state index in [2.05, 4.69) is 29.7 Å². The summed E-state index contributed by atoms with van der Waals surface area (Å²) in [6.45, 7) is 4.83. The Labute approximate surface area is 142 Å². The van der Waals surface area contributed by atoms with Gasteiger partial charge < -0.3 is 16.0 Å². The molecule has 2 aromatic carbocycles. The molecular weight excluding hydrogens is 302 g/mol. The zero-order valence-corrected chi connectivity index (χ0v) is 14.1. The normalized spacial score (nSPS) is 11.6. The number of carbonyl (C=O) groups is 2. The van der Waals surface area contributed by atoms with Gasteiger partial charge in [0.15, 0.2) is 6.54 Å². The molecular formula is C19H24N3O2+. The molecule has 2 aromatic rings. The van der Waals surface area contributed by atoms with E-state index in [1.165, 1.54) is 5.56 Å². The summed E-state index contributed by atoms with van der Waals surface area (Å²) in [6, 6.07) is 17.2. The fraction of sp³-hybridized carbons (Fsp3) is 0.263. The number of nitrogens with two attached hydrogens (primary N) is 1. The molecule has 0 bridgehead atoms. The second-order valence-corrected chi connectivity index (χ2v) is 5.63. The van der Waals surface area contributed by atoms with Crippen LogP contribution < -0.4 is 16.0 Å². The van der Waals surface area contributed by atoms with Crippen LogP contribution in [0.15, 0.2) is 54.6 Å². The molecule has 0 spiro atoms. The third-order valence-corrected chi connectivity index (χ3v) is 3.73. The molecule has 2 amide bonds. The molecule has 5 heteroatoms. The van der Waals surface area contributed by atoms with Gasteiger partial charge in [-0.3, -0.25) is 9.59 Å². The molecule has 24 heavy (non-hydrogen) atoms. The van der Waals surface area contributed by atoms with Crippen molar-refractivity contribution >= 4 is 17.5 Å². The molecule has 0 aromatic heterocycles. The first-order valence-electron chi connectivity index (χ1n) is 8.16. The van der Waals surface area contributed by atoms with Crippen molar-refractivity contribution < 1.29 is 14.9 Å². The smallest absolute Gasteiger partial charge is 0.279 e. The van der Waals surface area contributed by atoms with E-state index in [0.29, 0.717) is 24.3 Å². The minimum absolute atomic E-state index is 0.0918. The summed E-state index contributed by atoms with van der Waals surface area (Å²) < 4.78 is 0. The molecule has 0 aliphatic carbocycles. The fourth-order valence-corrected chi connectivity index (χ4v) is 2.39. The Morgan fingerprint density at radius 1 is 1.08 bits per heavy atom. The molecule has 126 valence electrons. The molecule has 0 aliphatic heterocycles. The lowest BCUT2D eigenvalue weighted by atomic mass is 10.1. The molecule has 0 unspecified atom stereocenters. The van der Waals surface area contributed by atoms with Gasteiger partial charge in [0, 0.05) is 23.4 Å². The summed E-state index contributed by atoms with van der Waals surface area (Å²) in [5.41, 5.74) is 2.35. The largest absolute Gasteiger partial charge is 0.352 e. The van der Waals surface area contributed by atoms with Crippen molar-refractivity contribution in [3.63, 3.8) is 0 Å². The minimum atomic E-state index is -0.141. The van der Waals surface area contributed by atoms with Crippen LogP contribution in [-0.4, -0.2) is 24.9 Å². The Balaban J connectivity index is 1.88. The highest BCUT2D eigenvalue weighted by Crippen LogP contribution is 2.10. The lowest BCUT2D eigenvalue weighted by Crippen LogP contribution is -2.86. The standard InChI is InChI=1S/C19H23N3O2/c1-3-20-19(24)16-10-7-11-17(12-16)22-18(23)13-21-14(2)15-8-5-4-6-9-15/h4-12,14,21H,3,13H2,1-2H3,(H,20,24)(H,22,23)/p+1/t14-/m1/s1. The lowest BCUT2D eigenvalue weighted by molar-refractivity contribution is -0.682.